The minimum Gasteiger partial charge on any atom is -0.369 e. The quantitative estimate of drug-likeness (QED) is 0.690. The largest absolute Gasteiger partial charge is 0.369 e. The van der Waals surface area contributed by atoms with Crippen LogP contribution in [-0.4, -0.2) is 9.55 Å². The number of nitrogen functional groups attached to an aromatic ring is 1. The molecule has 0 aliphatic heterocycles. The van der Waals surface area contributed by atoms with Crippen LogP contribution in [0.25, 0.3) is 11.0 Å². The highest BCUT2D eigenvalue weighted by molar-refractivity contribution is 14.1. The van der Waals surface area contributed by atoms with Gasteiger partial charge in [-0.25, -0.2) is 4.98 Å². The fourth-order valence-electron chi connectivity index (χ4n) is 1.88. The van der Waals surface area contributed by atoms with Crippen molar-refractivity contribution in [3.63, 3.8) is 0 Å². The Morgan fingerprint density at radius 3 is 2.94 bits per heavy atom. The van der Waals surface area contributed by atoms with Gasteiger partial charge in [-0.2, -0.15) is 0 Å². The second-order valence-corrected chi connectivity index (χ2v) is 5.21. The molecule has 0 amide bonds. The smallest absolute Gasteiger partial charge is 0.201 e. The maximum absolute atomic E-state index is 5.94. The summed E-state index contributed by atoms with van der Waals surface area (Å²) in [6, 6.07) is 6.27. The molecule has 1 aromatic carbocycles. The molecule has 0 bridgehead atoms. The second kappa shape index (κ2) is 5.03. The zero-order valence-electron chi connectivity index (χ0n) is 9.41. The molecule has 0 aliphatic carbocycles. The van der Waals surface area contributed by atoms with E-state index in [9.17, 15) is 0 Å². The average Bonchev–Trinajstić information content (AvgIpc) is 2.55. The Labute approximate surface area is 109 Å². The zero-order valence-corrected chi connectivity index (χ0v) is 11.6. The van der Waals surface area contributed by atoms with E-state index in [1.165, 1.54) is 16.4 Å². The molecular weight excluding hydrogens is 313 g/mol. The van der Waals surface area contributed by atoms with E-state index in [0.717, 1.165) is 24.0 Å². The highest BCUT2D eigenvalue weighted by Crippen LogP contribution is 2.20. The lowest BCUT2D eigenvalue weighted by Gasteiger charge is -2.05. The average molecular weight is 329 g/mol. The van der Waals surface area contributed by atoms with Crippen LogP contribution in [0.1, 0.15) is 26.2 Å². The first-order valence-electron chi connectivity index (χ1n) is 5.63. The molecule has 0 saturated heterocycles. The van der Waals surface area contributed by atoms with Crippen LogP contribution >= 0.6 is 22.6 Å². The Bertz CT molecular complexity index is 490. The van der Waals surface area contributed by atoms with Crippen molar-refractivity contribution in [2.75, 3.05) is 5.73 Å². The second-order valence-electron chi connectivity index (χ2n) is 3.96. The van der Waals surface area contributed by atoms with Crippen molar-refractivity contribution in [1.82, 2.24) is 9.55 Å². The van der Waals surface area contributed by atoms with Crippen molar-refractivity contribution in [1.29, 1.82) is 0 Å². The van der Waals surface area contributed by atoms with Gasteiger partial charge < -0.3 is 10.3 Å². The third-order valence-electron chi connectivity index (χ3n) is 2.73. The summed E-state index contributed by atoms with van der Waals surface area (Å²) in [7, 11) is 0. The summed E-state index contributed by atoms with van der Waals surface area (Å²) in [4.78, 5) is 4.39. The number of fused-ring (bicyclic) bond motifs is 1. The van der Waals surface area contributed by atoms with E-state index in [0.29, 0.717) is 5.95 Å². The summed E-state index contributed by atoms with van der Waals surface area (Å²) in [5.41, 5.74) is 8.08. The summed E-state index contributed by atoms with van der Waals surface area (Å²) in [5.74, 6) is 0.633. The van der Waals surface area contributed by atoms with Crippen LogP contribution < -0.4 is 5.73 Å². The molecule has 0 spiro atoms. The summed E-state index contributed by atoms with van der Waals surface area (Å²) in [6.07, 6.45) is 3.63. The Morgan fingerprint density at radius 2 is 2.19 bits per heavy atom. The van der Waals surface area contributed by atoms with Crippen molar-refractivity contribution in [3.8, 4) is 0 Å². The van der Waals surface area contributed by atoms with E-state index in [2.05, 4.69) is 57.3 Å². The SMILES string of the molecule is CCCCCn1c(N)nc2cc(I)ccc21. The number of nitrogens with zero attached hydrogens (tertiary/aromatic N) is 2. The minimum absolute atomic E-state index is 0.633. The maximum Gasteiger partial charge on any atom is 0.201 e. The van der Waals surface area contributed by atoms with Gasteiger partial charge in [0.25, 0.3) is 0 Å². The number of halogens is 1. The molecule has 2 aromatic rings. The van der Waals surface area contributed by atoms with Crippen molar-refractivity contribution in [3.05, 3.63) is 21.8 Å². The standard InChI is InChI=1S/C12H16IN3/c1-2-3-4-7-16-11-6-5-9(13)8-10(11)15-12(16)14/h5-6,8H,2-4,7H2,1H3,(H2,14,15). The lowest BCUT2D eigenvalue weighted by Crippen LogP contribution is -2.03. The molecule has 2 N–H and O–H groups in total. The molecule has 1 heterocycles. The molecule has 0 atom stereocenters. The molecular formula is C12H16IN3. The molecule has 0 radical (unpaired) electrons. The van der Waals surface area contributed by atoms with Gasteiger partial charge in [0.2, 0.25) is 5.95 Å². The number of aromatic nitrogens is 2. The lowest BCUT2D eigenvalue weighted by molar-refractivity contribution is 0.619. The van der Waals surface area contributed by atoms with Gasteiger partial charge in [-0.1, -0.05) is 19.8 Å². The molecule has 16 heavy (non-hydrogen) atoms. The normalized spacial score (nSPS) is 11.1. The van der Waals surface area contributed by atoms with Crippen LogP contribution in [0.2, 0.25) is 0 Å². The van der Waals surface area contributed by atoms with Gasteiger partial charge in [-0.3, -0.25) is 0 Å². The Morgan fingerprint density at radius 1 is 1.38 bits per heavy atom. The molecule has 0 unspecified atom stereocenters. The highest BCUT2D eigenvalue weighted by atomic mass is 127. The van der Waals surface area contributed by atoms with E-state index >= 15 is 0 Å². The molecule has 0 fully saturated rings. The molecule has 0 aliphatic rings. The van der Waals surface area contributed by atoms with Crippen molar-refractivity contribution >= 4 is 39.6 Å². The highest BCUT2D eigenvalue weighted by Gasteiger charge is 2.07. The number of hydrogen-bond acceptors (Lipinski definition) is 2. The van der Waals surface area contributed by atoms with Gasteiger partial charge in [-0.05, 0) is 47.2 Å². The van der Waals surface area contributed by atoms with Gasteiger partial charge in [0.15, 0.2) is 0 Å². The van der Waals surface area contributed by atoms with Crippen molar-refractivity contribution < 1.29 is 0 Å². The first-order chi connectivity index (χ1) is 7.72. The number of benzene rings is 1. The van der Waals surface area contributed by atoms with E-state index in [1.54, 1.807) is 0 Å². The van der Waals surface area contributed by atoms with Crippen LogP contribution in [0.4, 0.5) is 5.95 Å². The Balaban J connectivity index is 2.32. The van der Waals surface area contributed by atoms with Gasteiger partial charge in [0.05, 0.1) is 11.0 Å². The number of rotatable bonds is 4. The minimum atomic E-state index is 0.633. The summed E-state index contributed by atoms with van der Waals surface area (Å²) >= 11 is 2.29. The molecule has 0 saturated carbocycles. The van der Waals surface area contributed by atoms with Gasteiger partial charge in [0, 0.05) is 10.1 Å². The van der Waals surface area contributed by atoms with E-state index in [4.69, 9.17) is 5.73 Å². The Kier molecular flexibility index (Phi) is 3.68. The predicted molar refractivity (Wildman–Crippen MR) is 76.4 cm³/mol. The van der Waals surface area contributed by atoms with E-state index < -0.39 is 0 Å². The van der Waals surface area contributed by atoms with Crippen LogP contribution in [0.3, 0.4) is 0 Å². The number of imidazole rings is 1. The van der Waals surface area contributed by atoms with E-state index in [1.807, 2.05) is 0 Å². The van der Waals surface area contributed by atoms with Crippen molar-refractivity contribution in [2.45, 2.75) is 32.7 Å². The fraction of sp³-hybridized carbons (Fsp3) is 0.417. The monoisotopic (exact) mass is 329 g/mol. The van der Waals surface area contributed by atoms with Crippen molar-refractivity contribution in [2.24, 2.45) is 0 Å². The maximum atomic E-state index is 5.94. The summed E-state index contributed by atoms with van der Waals surface area (Å²) < 4.78 is 3.31. The van der Waals surface area contributed by atoms with Gasteiger partial charge in [0.1, 0.15) is 0 Å². The molecule has 1 aromatic heterocycles. The molecule has 4 heteroatoms. The number of aryl methyl sites for hydroxylation is 1. The third-order valence-corrected chi connectivity index (χ3v) is 3.40. The van der Waals surface area contributed by atoms with E-state index in [-0.39, 0.29) is 0 Å². The number of anilines is 1. The predicted octanol–water partition coefficient (Wildman–Crippen LogP) is 3.41. The molecule has 86 valence electrons. The number of unbranched alkanes of at least 4 members (excludes halogenated alkanes) is 2. The summed E-state index contributed by atoms with van der Waals surface area (Å²) in [6.45, 7) is 3.18. The fourth-order valence-corrected chi connectivity index (χ4v) is 2.35. The molecule has 2 rings (SSSR count). The molecule has 3 nitrogen and oxygen atoms in total. The van der Waals surface area contributed by atoms with Crippen LogP contribution in [-0.2, 0) is 6.54 Å². The van der Waals surface area contributed by atoms with Crippen LogP contribution in [0.5, 0.6) is 0 Å². The van der Waals surface area contributed by atoms with Crippen LogP contribution in [0.15, 0.2) is 18.2 Å². The zero-order chi connectivity index (χ0) is 11.5. The summed E-state index contributed by atoms with van der Waals surface area (Å²) in [5, 5.41) is 0. The van der Waals surface area contributed by atoms with Crippen LogP contribution in [0, 0.1) is 3.57 Å². The van der Waals surface area contributed by atoms with Gasteiger partial charge >= 0.3 is 0 Å². The third kappa shape index (κ3) is 2.31. The lowest BCUT2D eigenvalue weighted by atomic mass is 10.2. The number of hydrogen-bond donors (Lipinski definition) is 1. The first-order valence-corrected chi connectivity index (χ1v) is 6.71. The van der Waals surface area contributed by atoms with Gasteiger partial charge in [-0.15, -0.1) is 0 Å². The topological polar surface area (TPSA) is 43.8 Å². The Hall–Kier alpha value is -0.780. The first kappa shape index (κ1) is 11.7. The number of nitrogens with two attached hydrogens (primary N) is 1.